The number of rotatable bonds is 3. The van der Waals surface area contributed by atoms with Gasteiger partial charge < -0.3 is 5.11 Å². The number of carbonyl (C=O) groups is 1. The summed E-state index contributed by atoms with van der Waals surface area (Å²) in [5.74, 6) is -1.31. The minimum atomic E-state index is -1.20. The fraction of sp³-hybridized carbons (Fsp3) is 0.0909. The first kappa shape index (κ1) is 11.9. The number of tetrazole rings is 1. The molecule has 0 radical (unpaired) electrons. The number of carboxylic acid groups (broad SMARTS) is 1. The summed E-state index contributed by atoms with van der Waals surface area (Å²) in [4.78, 5) is 11.2. The van der Waals surface area contributed by atoms with Crippen LogP contribution in [0.15, 0.2) is 24.3 Å². The van der Waals surface area contributed by atoms with Crippen molar-refractivity contribution in [2.45, 2.75) is 6.92 Å². The summed E-state index contributed by atoms with van der Waals surface area (Å²) < 4.78 is 14.1. The lowest BCUT2D eigenvalue weighted by Crippen LogP contribution is -2.11. The van der Waals surface area contributed by atoms with Crippen LogP contribution in [-0.2, 0) is 4.79 Å². The Morgan fingerprint density at radius 3 is 2.83 bits per heavy atom. The van der Waals surface area contributed by atoms with E-state index < -0.39 is 11.8 Å². The molecular weight excluding hydrogens is 239 g/mol. The molecule has 0 spiro atoms. The fourth-order valence-corrected chi connectivity index (χ4v) is 1.42. The van der Waals surface area contributed by atoms with Crippen LogP contribution in [0.3, 0.4) is 0 Å². The van der Waals surface area contributed by atoms with Gasteiger partial charge in [-0.05, 0) is 41.1 Å². The molecule has 1 aromatic carbocycles. The second-order valence-corrected chi connectivity index (χ2v) is 3.53. The minimum Gasteiger partial charge on any atom is -0.477 e. The molecule has 0 saturated heterocycles. The van der Waals surface area contributed by atoms with Crippen LogP contribution in [0.1, 0.15) is 11.4 Å². The van der Waals surface area contributed by atoms with Crippen LogP contribution in [-0.4, -0.2) is 31.3 Å². The van der Waals surface area contributed by atoms with E-state index in [4.69, 9.17) is 5.11 Å². The van der Waals surface area contributed by atoms with Crippen molar-refractivity contribution in [3.63, 3.8) is 0 Å². The Labute approximate surface area is 101 Å². The topological polar surface area (TPSA) is 80.9 Å². The summed E-state index contributed by atoms with van der Waals surface area (Å²) in [7, 11) is 0. The molecule has 1 heterocycles. The van der Waals surface area contributed by atoms with Gasteiger partial charge in [-0.25, -0.2) is 9.18 Å². The van der Waals surface area contributed by atoms with E-state index in [-0.39, 0.29) is 5.70 Å². The first-order valence-electron chi connectivity index (χ1n) is 5.04. The zero-order valence-electron chi connectivity index (χ0n) is 9.41. The molecule has 0 aliphatic heterocycles. The van der Waals surface area contributed by atoms with E-state index >= 15 is 0 Å². The lowest BCUT2D eigenvalue weighted by atomic mass is 10.2. The highest BCUT2D eigenvalue weighted by Gasteiger charge is 2.14. The number of hydrogen-bond donors (Lipinski definition) is 1. The van der Waals surface area contributed by atoms with E-state index in [2.05, 4.69) is 15.5 Å². The Balaban J connectivity index is 2.49. The molecule has 1 aromatic heterocycles. The summed E-state index contributed by atoms with van der Waals surface area (Å²) in [5.41, 5.74) is 0.269. The van der Waals surface area contributed by atoms with Gasteiger partial charge in [0, 0.05) is 0 Å². The summed E-state index contributed by atoms with van der Waals surface area (Å²) in [6, 6.07) is 5.58. The monoisotopic (exact) mass is 248 g/mol. The van der Waals surface area contributed by atoms with Crippen molar-refractivity contribution in [3.05, 3.63) is 41.5 Å². The Hall–Kier alpha value is -2.57. The van der Waals surface area contributed by atoms with Crippen molar-refractivity contribution >= 4 is 17.7 Å². The number of aryl methyl sites for hydroxylation is 1. The third-order valence-corrected chi connectivity index (χ3v) is 2.22. The number of hydrogen-bond acceptors (Lipinski definition) is 4. The molecule has 0 atom stereocenters. The second kappa shape index (κ2) is 4.74. The van der Waals surface area contributed by atoms with Crippen LogP contribution in [0.4, 0.5) is 4.39 Å². The van der Waals surface area contributed by atoms with Gasteiger partial charge in [0.05, 0.1) is 0 Å². The highest BCUT2D eigenvalue weighted by Crippen LogP contribution is 2.13. The van der Waals surface area contributed by atoms with Crippen molar-refractivity contribution < 1.29 is 14.3 Å². The van der Waals surface area contributed by atoms with Gasteiger partial charge in [0.2, 0.25) is 0 Å². The maximum absolute atomic E-state index is 13.0. The number of aliphatic carboxylic acids is 1. The molecule has 0 saturated carbocycles. The molecule has 6 nitrogen and oxygen atoms in total. The Morgan fingerprint density at radius 2 is 2.28 bits per heavy atom. The van der Waals surface area contributed by atoms with Gasteiger partial charge in [-0.15, -0.1) is 5.10 Å². The van der Waals surface area contributed by atoms with Crippen molar-refractivity contribution in [2.24, 2.45) is 0 Å². The van der Waals surface area contributed by atoms with Gasteiger partial charge in [0.25, 0.3) is 0 Å². The third kappa shape index (κ3) is 2.40. The molecule has 2 aromatic rings. The summed E-state index contributed by atoms with van der Waals surface area (Å²) in [6.07, 6.45) is 1.30. The van der Waals surface area contributed by atoms with Crippen LogP contribution in [0.25, 0.3) is 11.8 Å². The molecule has 18 heavy (non-hydrogen) atoms. The van der Waals surface area contributed by atoms with E-state index in [1.807, 2.05) is 0 Å². The van der Waals surface area contributed by atoms with Crippen molar-refractivity contribution in [2.75, 3.05) is 0 Å². The van der Waals surface area contributed by atoms with Crippen LogP contribution in [0.2, 0.25) is 0 Å². The van der Waals surface area contributed by atoms with Gasteiger partial charge in [-0.2, -0.15) is 4.68 Å². The van der Waals surface area contributed by atoms with Crippen LogP contribution in [0.5, 0.6) is 0 Å². The maximum atomic E-state index is 13.0. The lowest BCUT2D eigenvalue weighted by molar-refractivity contribution is -0.130. The van der Waals surface area contributed by atoms with E-state index in [1.54, 1.807) is 13.0 Å². The molecule has 0 unspecified atom stereocenters. The number of halogens is 1. The Bertz CT molecular complexity index is 621. The van der Waals surface area contributed by atoms with Gasteiger partial charge in [-0.3, -0.25) is 0 Å². The molecule has 0 fully saturated rings. The molecule has 92 valence electrons. The molecule has 0 bridgehead atoms. The van der Waals surface area contributed by atoms with Crippen molar-refractivity contribution in [3.8, 4) is 0 Å². The van der Waals surface area contributed by atoms with E-state index in [1.165, 1.54) is 24.3 Å². The molecule has 2 rings (SSSR count). The molecule has 0 amide bonds. The van der Waals surface area contributed by atoms with E-state index in [0.717, 1.165) is 4.68 Å². The molecule has 0 aliphatic rings. The number of carboxylic acids is 1. The average Bonchev–Trinajstić information content (AvgIpc) is 2.72. The van der Waals surface area contributed by atoms with Crippen molar-refractivity contribution in [1.82, 2.24) is 20.2 Å². The number of nitrogens with zero attached hydrogens (tertiary/aromatic N) is 4. The lowest BCUT2D eigenvalue weighted by Gasteiger charge is -2.02. The van der Waals surface area contributed by atoms with E-state index in [9.17, 15) is 9.18 Å². The first-order valence-corrected chi connectivity index (χ1v) is 5.04. The molecule has 7 heteroatoms. The normalized spacial score (nSPS) is 11.6. The first-order chi connectivity index (χ1) is 8.58. The van der Waals surface area contributed by atoms with Gasteiger partial charge in [-0.1, -0.05) is 12.1 Å². The Morgan fingerprint density at radius 1 is 1.50 bits per heavy atom. The molecular formula is C11H9FN4O2. The van der Waals surface area contributed by atoms with Crippen LogP contribution >= 0.6 is 0 Å². The maximum Gasteiger partial charge on any atom is 0.354 e. The van der Waals surface area contributed by atoms with Crippen LogP contribution < -0.4 is 0 Å². The SMILES string of the molecule is Cc1nnnn1/C(=C/c1cccc(F)c1)C(=O)O. The quantitative estimate of drug-likeness (QED) is 0.825. The van der Waals surface area contributed by atoms with Crippen molar-refractivity contribution in [1.29, 1.82) is 0 Å². The third-order valence-electron chi connectivity index (χ3n) is 2.22. The Kier molecular flexibility index (Phi) is 3.13. The minimum absolute atomic E-state index is 0.150. The molecule has 0 aliphatic carbocycles. The largest absolute Gasteiger partial charge is 0.477 e. The smallest absolute Gasteiger partial charge is 0.354 e. The predicted octanol–water partition coefficient (Wildman–Crippen LogP) is 1.20. The van der Waals surface area contributed by atoms with Gasteiger partial charge in [0.15, 0.2) is 11.5 Å². The summed E-state index contributed by atoms with van der Waals surface area (Å²) in [6.45, 7) is 1.57. The van der Waals surface area contributed by atoms with Gasteiger partial charge >= 0.3 is 5.97 Å². The summed E-state index contributed by atoms with van der Waals surface area (Å²) in [5, 5.41) is 19.7. The van der Waals surface area contributed by atoms with Gasteiger partial charge in [0.1, 0.15) is 5.82 Å². The average molecular weight is 248 g/mol. The fourth-order valence-electron chi connectivity index (χ4n) is 1.42. The standard InChI is InChI=1S/C11H9FN4O2/c1-7-13-14-15-16(7)10(11(17)18)6-8-3-2-4-9(12)5-8/h2-6H,1H3,(H,17,18)/b10-6+. The summed E-state index contributed by atoms with van der Waals surface area (Å²) >= 11 is 0. The number of aromatic nitrogens is 4. The number of benzene rings is 1. The van der Waals surface area contributed by atoms with Crippen LogP contribution in [0, 0.1) is 12.7 Å². The highest BCUT2D eigenvalue weighted by molar-refractivity contribution is 6.14. The van der Waals surface area contributed by atoms with E-state index in [0.29, 0.717) is 11.4 Å². The second-order valence-electron chi connectivity index (χ2n) is 3.53. The highest BCUT2D eigenvalue weighted by atomic mass is 19.1. The zero-order valence-corrected chi connectivity index (χ0v) is 9.41. The predicted molar refractivity (Wildman–Crippen MR) is 60.8 cm³/mol. The molecule has 1 N–H and O–H groups in total. The zero-order chi connectivity index (χ0) is 13.1.